The van der Waals surface area contributed by atoms with Gasteiger partial charge in [0.25, 0.3) is 0 Å². The van der Waals surface area contributed by atoms with E-state index in [2.05, 4.69) is 35.0 Å². The fourth-order valence-corrected chi connectivity index (χ4v) is 3.40. The molecular weight excluding hydrogens is 486 g/mol. The van der Waals surface area contributed by atoms with E-state index < -0.39 is 0 Å². The Hall–Kier alpha value is -0.660. The van der Waals surface area contributed by atoms with E-state index in [9.17, 15) is 4.79 Å². The van der Waals surface area contributed by atoms with E-state index in [-0.39, 0.29) is 23.1 Å². The molecule has 0 atom stereocenters. The van der Waals surface area contributed by atoms with Crippen LogP contribution in [-0.2, 0) is 6.54 Å². The molecule has 0 aliphatic heterocycles. The molecule has 7 heteroatoms. The summed E-state index contributed by atoms with van der Waals surface area (Å²) in [7, 11) is 7.79. The van der Waals surface area contributed by atoms with Gasteiger partial charge in [0.05, 0.1) is 20.6 Å². The Kier molecular flexibility index (Phi) is 14.9. The highest BCUT2D eigenvalue weighted by Crippen LogP contribution is 2.21. The first-order chi connectivity index (χ1) is 12.9. The minimum atomic E-state index is -0.370. The summed E-state index contributed by atoms with van der Waals surface area (Å²) >= 11 is 3.48. The van der Waals surface area contributed by atoms with Crippen molar-refractivity contribution in [1.29, 1.82) is 0 Å². The van der Waals surface area contributed by atoms with Gasteiger partial charge in [0.15, 0.2) is 5.75 Å². The van der Waals surface area contributed by atoms with Crippen LogP contribution >= 0.6 is 15.9 Å². The van der Waals surface area contributed by atoms with E-state index in [0.717, 1.165) is 28.6 Å². The lowest BCUT2D eigenvalue weighted by molar-refractivity contribution is -0.904. The third kappa shape index (κ3) is 12.0. The van der Waals surface area contributed by atoms with Crippen molar-refractivity contribution in [3.8, 4) is 5.75 Å². The molecule has 1 heterocycles. The standard InChI is InChI=1S/C21H37BrN3O2.BrH/c1-24(2)21(26)27-20-14-13-16-23-19(20)18-25(3,4)17-12-10-8-6-5-7-9-11-15-22;/h13-14,16H,5-12,15,17-18H2,1-4H3;1H/q+1;/p-1. The summed E-state index contributed by atoms with van der Waals surface area (Å²) in [6.07, 6.45) is 11.9. The molecule has 1 amide bonds. The van der Waals surface area contributed by atoms with Gasteiger partial charge in [0.2, 0.25) is 0 Å². The highest BCUT2D eigenvalue weighted by molar-refractivity contribution is 9.09. The molecule has 0 spiro atoms. The summed E-state index contributed by atoms with van der Waals surface area (Å²) in [6.45, 7) is 1.85. The molecule has 1 rings (SSSR count). The molecular formula is C21H37Br2N3O2. The number of alkyl halides is 1. The number of amides is 1. The molecule has 1 aromatic heterocycles. The molecule has 5 nitrogen and oxygen atoms in total. The number of ether oxygens (including phenoxy) is 1. The highest BCUT2D eigenvalue weighted by Gasteiger charge is 2.21. The fourth-order valence-electron chi connectivity index (χ4n) is 3.00. The first-order valence-electron chi connectivity index (χ1n) is 10.1. The summed E-state index contributed by atoms with van der Waals surface area (Å²) in [5, 5.41) is 1.13. The monoisotopic (exact) mass is 521 g/mol. The number of aromatic nitrogens is 1. The minimum absolute atomic E-state index is 0. The summed E-state index contributed by atoms with van der Waals surface area (Å²) in [5.41, 5.74) is 0.837. The van der Waals surface area contributed by atoms with Crippen molar-refractivity contribution in [2.75, 3.05) is 40.1 Å². The van der Waals surface area contributed by atoms with Crippen molar-refractivity contribution in [2.24, 2.45) is 0 Å². The van der Waals surface area contributed by atoms with Crippen molar-refractivity contribution in [1.82, 2.24) is 9.88 Å². The maximum Gasteiger partial charge on any atom is 0.414 e. The zero-order chi connectivity index (χ0) is 20.1. The Morgan fingerprint density at radius 3 is 2.21 bits per heavy atom. The number of carbonyl (C=O) groups is 1. The number of nitrogens with zero attached hydrogens (tertiary/aromatic N) is 3. The third-order valence-electron chi connectivity index (χ3n) is 4.64. The first-order valence-corrected chi connectivity index (χ1v) is 11.2. The van der Waals surface area contributed by atoms with E-state index in [1.165, 1.54) is 56.3 Å². The maximum absolute atomic E-state index is 11.9. The van der Waals surface area contributed by atoms with Crippen LogP contribution in [0.15, 0.2) is 18.3 Å². The van der Waals surface area contributed by atoms with Crippen LogP contribution in [0.4, 0.5) is 4.79 Å². The molecule has 0 aliphatic carbocycles. The Balaban J connectivity index is 0.00000729. The van der Waals surface area contributed by atoms with Gasteiger partial charge in [0.1, 0.15) is 12.2 Å². The Bertz CT molecular complexity index is 554. The second kappa shape index (κ2) is 15.2. The average molecular weight is 523 g/mol. The van der Waals surface area contributed by atoms with Crippen molar-refractivity contribution in [3.63, 3.8) is 0 Å². The van der Waals surface area contributed by atoms with E-state index in [4.69, 9.17) is 4.74 Å². The van der Waals surface area contributed by atoms with Crippen molar-refractivity contribution >= 4 is 22.0 Å². The van der Waals surface area contributed by atoms with Gasteiger partial charge in [-0.05, 0) is 31.4 Å². The second-order valence-electron chi connectivity index (χ2n) is 8.05. The number of quaternary nitrogens is 1. The first kappa shape index (κ1) is 27.3. The number of carbonyl (C=O) groups excluding carboxylic acids is 1. The normalized spacial score (nSPS) is 11.0. The largest absolute Gasteiger partial charge is 1.00 e. The SMILES string of the molecule is CN(C)C(=O)Oc1cccnc1C[N+](C)(C)CCCCCCCCCCBr.[Br-]. The number of hydrogen-bond donors (Lipinski definition) is 0. The van der Waals surface area contributed by atoms with E-state index in [1.54, 1.807) is 26.4 Å². The van der Waals surface area contributed by atoms with Crippen LogP contribution in [0.3, 0.4) is 0 Å². The maximum atomic E-state index is 11.9. The second-order valence-corrected chi connectivity index (χ2v) is 8.84. The molecule has 0 aromatic carbocycles. The Morgan fingerprint density at radius 2 is 1.64 bits per heavy atom. The Labute approximate surface area is 190 Å². The predicted molar refractivity (Wildman–Crippen MR) is 115 cm³/mol. The molecule has 0 N–H and O–H groups in total. The number of halogens is 2. The molecule has 0 radical (unpaired) electrons. The number of unbranched alkanes of at least 4 members (excludes halogenated alkanes) is 7. The summed E-state index contributed by atoms with van der Waals surface area (Å²) in [5.74, 6) is 0.561. The summed E-state index contributed by atoms with van der Waals surface area (Å²) in [6, 6.07) is 3.62. The highest BCUT2D eigenvalue weighted by atomic mass is 79.9. The van der Waals surface area contributed by atoms with E-state index in [0.29, 0.717) is 5.75 Å². The topological polar surface area (TPSA) is 42.4 Å². The van der Waals surface area contributed by atoms with E-state index in [1.807, 2.05) is 6.07 Å². The molecule has 28 heavy (non-hydrogen) atoms. The average Bonchev–Trinajstić information content (AvgIpc) is 2.61. The van der Waals surface area contributed by atoms with Gasteiger partial charge >= 0.3 is 6.09 Å². The third-order valence-corrected chi connectivity index (χ3v) is 5.20. The quantitative estimate of drug-likeness (QED) is 0.227. The molecule has 0 unspecified atom stereocenters. The minimum Gasteiger partial charge on any atom is -1.00 e. The van der Waals surface area contributed by atoms with Gasteiger partial charge in [-0.15, -0.1) is 0 Å². The van der Waals surface area contributed by atoms with Gasteiger partial charge in [0, 0.05) is 25.6 Å². The van der Waals surface area contributed by atoms with Gasteiger partial charge in [-0.25, -0.2) is 4.79 Å². The van der Waals surface area contributed by atoms with Crippen LogP contribution in [0.2, 0.25) is 0 Å². The van der Waals surface area contributed by atoms with E-state index >= 15 is 0 Å². The smallest absolute Gasteiger partial charge is 0.414 e. The van der Waals surface area contributed by atoms with Crippen molar-refractivity contribution in [3.05, 3.63) is 24.0 Å². The molecule has 0 bridgehead atoms. The van der Waals surface area contributed by atoms with Crippen LogP contribution in [0.5, 0.6) is 5.75 Å². The summed E-state index contributed by atoms with van der Waals surface area (Å²) < 4.78 is 6.30. The van der Waals surface area contributed by atoms with Crippen molar-refractivity contribution in [2.45, 2.75) is 57.9 Å². The Morgan fingerprint density at radius 1 is 1.07 bits per heavy atom. The predicted octanol–water partition coefficient (Wildman–Crippen LogP) is 2.24. The van der Waals surface area contributed by atoms with Crippen LogP contribution in [0.25, 0.3) is 0 Å². The number of rotatable bonds is 13. The van der Waals surface area contributed by atoms with Crippen LogP contribution in [0.1, 0.15) is 57.1 Å². The van der Waals surface area contributed by atoms with Crippen LogP contribution in [0, 0.1) is 0 Å². The summed E-state index contributed by atoms with van der Waals surface area (Å²) in [4.78, 5) is 17.7. The lowest BCUT2D eigenvalue weighted by atomic mass is 10.1. The lowest BCUT2D eigenvalue weighted by Gasteiger charge is -2.30. The zero-order valence-electron chi connectivity index (χ0n) is 17.9. The van der Waals surface area contributed by atoms with Crippen molar-refractivity contribution < 1.29 is 31.0 Å². The lowest BCUT2D eigenvalue weighted by Crippen LogP contribution is -3.00. The number of hydrogen-bond acceptors (Lipinski definition) is 3. The molecule has 1 aromatic rings. The molecule has 0 fully saturated rings. The van der Waals surface area contributed by atoms with Crippen LogP contribution in [-0.4, -0.2) is 60.5 Å². The van der Waals surface area contributed by atoms with Crippen LogP contribution < -0.4 is 21.7 Å². The van der Waals surface area contributed by atoms with Gasteiger partial charge < -0.3 is 31.1 Å². The number of pyridine rings is 1. The van der Waals surface area contributed by atoms with Gasteiger partial charge in [-0.2, -0.15) is 0 Å². The molecule has 0 saturated carbocycles. The molecule has 0 aliphatic rings. The molecule has 0 saturated heterocycles. The van der Waals surface area contributed by atoms with Gasteiger partial charge in [-0.3, -0.25) is 4.98 Å². The van der Waals surface area contributed by atoms with Gasteiger partial charge in [-0.1, -0.05) is 48.0 Å². The zero-order valence-corrected chi connectivity index (χ0v) is 21.1. The fraction of sp³-hybridized carbons (Fsp3) is 0.714. The molecule has 162 valence electrons.